The molecule has 2 nitrogen and oxygen atoms in total. The van der Waals surface area contributed by atoms with Crippen LogP contribution in [-0.4, -0.2) is 21.5 Å². The third kappa shape index (κ3) is 6.17. The highest BCUT2D eigenvalue weighted by Gasteiger charge is 2.37. The van der Waals surface area contributed by atoms with Gasteiger partial charge in [0.2, 0.25) is 0 Å². The van der Waals surface area contributed by atoms with Gasteiger partial charge in [0.15, 0.2) is 8.32 Å². The summed E-state index contributed by atoms with van der Waals surface area (Å²) >= 11 is 3.17. The van der Waals surface area contributed by atoms with Crippen molar-refractivity contribution in [2.75, 3.05) is 13.2 Å². The van der Waals surface area contributed by atoms with Gasteiger partial charge in [-0.1, -0.05) is 42.8 Å². The fourth-order valence-corrected chi connectivity index (χ4v) is 3.42. The second-order valence-corrected chi connectivity index (χ2v) is 12.9. The fraction of sp³-hybridized carbons (Fsp3) is 0.647. The third-order valence-corrected chi connectivity index (χ3v) is 9.65. The Kier molecular flexibility index (Phi) is 7.53. The molecule has 7 heteroatoms. The first-order chi connectivity index (χ1) is 10.9. The van der Waals surface area contributed by atoms with Crippen molar-refractivity contribution in [2.45, 2.75) is 58.1 Å². The normalized spacial score (nSPS) is 13.4. The van der Waals surface area contributed by atoms with Gasteiger partial charge in [-0.05, 0) is 36.7 Å². The Labute approximate surface area is 152 Å². The number of hydrogen-bond donors (Lipinski definition) is 0. The van der Waals surface area contributed by atoms with Gasteiger partial charge in [-0.15, -0.1) is 0 Å². The van der Waals surface area contributed by atoms with Crippen LogP contribution in [0.3, 0.4) is 0 Å². The van der Waals surface area contributed by atoms with E-state index in [0.29, 0.717) is 24.1 Å². The Bertz CT molecular complexity index is 540. The summed E-state index contributed by atoms with van der Waals surface area (Å²) in [4.78, 5) is 0. The molecule has 0 N–H and O–H groups in total. The Hall–Kier alpha value is -0.373. The average molecular weight is 427 g/mol. The van der Waals surface area contributed by atoms with E-state index in [-0.39, 0.29) is 17.2 Å². The lowest BCUT2D eigenvalue weighted by atomic mass is 10.1. The lowest BCUT2D eigenvalue weighted by Crippen LogP contribution is -2.41. The van der Waals surface area contributed by atoms with Crippen LogP contribution in [0.2, 0.25) is 18.1 Å². The summed E-state index contributed by atoms with van der Waals surface area (Å²) in [5.74, 6) is 0. The largest absolute Gasteiger partial charge is 0.417 e. The van der Waals surface area contributed by atoms with Crippen LogP contribution in [0.25, 0.3) is 0 Å². The van der Waals surface area contributed by atoms with Crippen LogP contribution < -0.4 is 0 Å². The predicted octanol–water partition coefficient (Wildman–Crippen LogP) is 6.40. The van der Waals surface area contributed by atoms with E-state index in [2.05, 4.69) is 49.8 Å². The fourth-order valence-electron chi connectivity index (χ4n) is 1.85. The van der Waals surface area contributed by atoms with Gasteiger partial charge in [0, 0.05) is 23.2 Å². The molecule has 0 bridgehead atoms. The molecule has 0 fully saturated rings. The van der Waals surface area contributed by atoms with Gasteiger partial charge >= 0.3 is 6.18 Å². The zero-order valence-electron chi connectivity index (χ0n) is 14.9. The smallest absolute Gasteiger partial charge is 0.416 e. The van der Waals surface area contributed by atoms with Gasteiger partial charge in [-0.2, -0.15) is 13.2 Å². The van der Waals surface area contributed by atoms with E-state index in [4.69, 9.17) is 9.16 Å². The minimum absolute atomic E-state index is 0.0731. The highest BCUT2D eigenvalue weighted by Crippen LogP contribution is 2.37. The van der Waals surface area contributed by atoms with Crippen molar-refractivity contribution in [1.82, 2.24) is 0 Å². The van der Waals surface area contributed by atoms with E-state index in [1.54, 1.807) is 6.07 Å². The first-order valence-corrected chi connectivity index (χ1v) is 11.6. The van der Waals surface area contributed by atoms with Gasteiger partial charge in [0.25, 0.3) is 0 Å². The zero-order valence-corrected chi connectivity index (χ0v) is 17.5. The summed E-state index contributed by atoms with van der Waals surface area (Å²) < 4.78 is 50.9. The number of benzene rings is 1. The standard InChI is InChI=1S/C17H26BrF3O2Si/c1-16(2,3)24(4,5)23-11-7-10-22-12-13-14(17(19,20)21)8-6-9-15(13)18/h6,8-9H,7,10-12H2,1-5H3. The van der Waals surface area contributed by atoms with Gasteiger partial charge in [0.05, 0.1) is 12.2 Å². The van der Waals surface area contributed by atoms with Crippen LogP contribution in [-0.2, 0) is 21.9 Å². The van der Waals surface area contributed by atoms with E-state index in [1.165, 1.54) is 6.07 Å². The maximum Gasteiger partial charge on any atom is 0.416 e. The molecule has 1 rings (SSSR count). The number of ether oxygens (including phenoxy) is 1. The second-order valence-electron chi connectivity index (χ2n) is 7.28. The van der Waals surface area contributed by atoms with Crippen LogP contribution >= 0.6 is 15.9 Å². The zero-order chi connectivity index (χ0) is 18.6. The quantitative estimate of drug-likeness (QED) is 0.371. The molecule has 0 spiro atoms. The molecule has 0 atom stereocenters. The number of alkyl halides is 3. The molecule has 0 aromatic heterocycles. The monoisotopic (exact) mass is 426 g/mol. The summed E-state index contributed by atoms with van der Waals surface area (Å²) in [5, 5.41) is 0.143. The molecule has 0 aliphatic heterocycles. The first kappa shape index (κ1) is 21.7. The summed E-state index contributed by atoms with van der Waals surface area (Å²) in [5.41, 5.74) is -0.523. The average Bonchev–Trinajstić information content (AvgIpc) is 2.41. The summed E-state index contributed by atoms with van der Waals surface area (Å²) in [6, 6.07) is 4.04. The van der Waals surface area contributed by atoms with Crippen molar-refractivity contribution in [2.24, 2.45) is 0 Å². The van der Waals surface area contributed by atoms with Gasteiger partial charge < -0.3 is 9.16 Å². The first-order valence-electron chi connectivity index (χ1n) is 7.92. The SMILES string of the molecule is CC(C)(C)[Si](C)(C)OCCCOCc1c(Br)cccc1C(F)(F)F. The second kappa shape index (κ2) is 8.34. The van der Waals surface area contributed by atoms with E-state index >= 15 is 0 Å². The molecule has 24 heavy (non-hydrogen) atoms. The molecule has 0 unspecified atom stereocenters. The molecule has 0 aliphatic carbocycles. The Balaban J connectivity index is 2.48. The molecule has 138 valence electrons. The molecule has 1 aromatic rings. The van der Waals surface area contributed by atoms with Crippen LogP contribution in [0.4, 0.5) is 13.2 Å². The molecular formula is C17H26BrF3O2Si. The van der Waals surface area contributed by atoms with Crippen molar-refractivity contribution < 1.29 is 22.3 Å². The summed E-state index contributed by atoms with van der Waals surface area (Å²) in [6.07, 6.45) is -3.72. The van der Waals surface area contributed by atoms with Crippen molar-refractivity contribution in [1.29, 1.82) is 0 Å². The molecule has 0 aliphatic rings. The lowest BCUT2D eigenvalue weighted by molar-refractivity contribution is -0.139. The molecule has 0 saturated heterocycles. The number of hydrogen-bond acceptors (Lipinski definition) is 2. The molecular weight excluding hydrogens is 401 g/mol. The Morgan fingerprint density at radius 1 is 1.08 bits per heavy atom. The highest BCUT2D eigenvalue weighted by atomic mass is 79.9. The predicted molar refractivity (Wildman–Crippen MR) is 96.6 cm³/mol. The molecule has 0 radical (unpaired) electrons. The minimum atomic E-state index is -4.38. The molecule has 0 amide bonds. The summed E-state index contributed by atoms with van der Waals surface area (Å²) in [6.45, 7) is 11.7. The van der Waals surface area contributed by atoms with Crippen LogP contribution in [0, 0.1) is 0 Å². The van der Waals surface area contributed by atoms with E-state index in [1.807, 2.05) is 0 Å². The van der Waals surface area contributed by atoms with E-state index < -0.39 is 20.1 Å². The molecule has 0 saturated carbocycles. The number of rotatable bonds is 7. The van der Waals surface area contributed by atoms with Crippen LogP contribution in [0.5, 0.6) is 0 Å². The summed E-state index contributed by atoms with van der Waals surface area (Å²) in [7, 11) is -1.78. The van der Waals surface area contributed by atoms with Crippen molar-refractivity contribution >= 4 is 24.2 Å². The highest BCUT2D eigenvalue weighted by molar-refractivity contribution is 9.10. The van der Waals surface area contributed by atoms with Crippen molar-refractivity contribution in [3.05, 3.63) is 33.8 Å². The maximum atomic E-state index is 13.0. The van der Waals surface area contributed by atoms with Crippen molar-refractivity contribution in [3.8, 4) is 0 Å². The Morgan fingerprint density at radius 2 is 1.71 bits per heavy atom. The van der Waals surface area contributed by atoms with Crippen LogP contribution in [0.15, 0.2) is 22.7 Å². The maximum absolute atomic E-state index is 13.0. The topological polar surface area (TPSA) is 18.5 Å². The van der Waals surface area contributed by atoms with Crippen LogP contribution in [0.1, 0.15) is 38.3 Å². The third-order valence-electron chi connectivity index (χ3n) is 4.37. The molecule has 1 aromatic carbocycles. The van der Waals surface area contributed by atoms with Gasteiger partial charge in [0.1, 0.15) is 0 Å². The van der Waals surface area contributed by atoms with Gasteiger partial charge in [-0.25, -0.2) is 0 Å². The van der Waals surface area contributed by atoms with E-state index in [9.17, 15) is 13.2 Å². The number of halogens is 4. The Morgan fingerprint density at radius 3 is 2.25 bits per heavy atom. The lowest BCUT2D eigenvalue weighted by Gasteiger charge is -2.36. The minimum Gasteiger partial charge on any atom is -0.417 e. The van der Waals surface area contributed by atoms with E-state index in [0.717, 1.165) is 6.07 Å². The molecule has 0 heterocycles. The van der Waals surface area contributed by atoms with Crippen molar-refractivity contribution in [3.63, 3.8) is 0 Å². The van der Waals surface area contributed by atoms with Gasteiger partial charge in [-0.3, -0.25) is 0 Å².